The van der Waals surface area contributed by atoms with Crippen LogP contribution in [0.4, 0.5) is 0 Å². The summed E-state index contributed by atoms with van der Waals surface area (Å²) in [5.74, 6) is 2.34. The fraction of sp³-hybridized carbons (Fsp3) is 0.462. The standard InChI is InChI=1S/C13H17N3/c1-8-3-4-11-12(5-8)16-13(15-11)10-7-14-6-9(10)2/h3-5,9-10,14H,6-7H2,1-2H3,(H,15,16)/t9-,10-/m1/s1. The van der Waals surface area contributed by atoms with Crippen LogP contribution in [0.1, 0.15) is 24.2 Å². The minimum absolute atomic E-state index is 0.535. The third-order valence-electron chi connectivity index (χ3n) is 3.52. The highest BCUT2D eigenvalue weighted by Crippen LogP contribution is 2.27. The predicted molar refractivity (Wildman–Crippen MR) is 65.6 cm³/mol. The number of benzene rings is 1. The van der Waals surface area contributed by atoms with E-state index in [4.69, 9.17) is 4.98 Å². The summed E-state index contributed by atoms with van der Waals surface area (Å²) in [5, 5.41) is 3.42. The third kappa shape index (κ3) is 1.52. The number of H-pyrrole nitrogens is 1. The predicted octanol–water partition coefficient (Wildman–Crippen LogP) is 2.19. The molecule has 16 heavy (non-hydrogen) atoms. The number of hydrogen-bond donors (Lipinski definition) is 2. The topological polar surface area (TPSA) is 40.7 Å². The van der Waals surface area contributed by atoms with E-state index in [1.54, 1.807) is 0 Å². The number of nitrogens with one attached hydrogen (secondary N) is 2. The largest absolute Gasteiger partial charge is 0.342 e. The van der Waals surface area contributed by atoms with Crippen LogP contribution in [0.2, 0.25) is 0 Å². The summed E-state index contributed by atoms with van der Waals surface area (Å²) in [6.45, 7) is 6.53. The number of rotatable bonds is 1. The summed E-state index contributed by atoms with van der Waals surface area (Å²) in [6.07, 6.45) is 0. The second kappa shape index (κ2) is 3.59. The lowest BCUT2D eigenvalue weighted by Crippen LogP contribution is -2.09. The highest BCUT2D eigenvalue weighted by molar-refractivity contribution is 5.75. The van der Waals surface area contributed by atoms with Gasteiger partial charge < -0.3 is 10.3 Å². The van der Waals surface area contributed by atoms with Crippen LogP contribution in [-0.2, 0) is 0 Å². The van der Waals surface area contributed by atoms with Gasteiger partial charge in [0.15, 0.2) is 0 Å². The lowest BCUT2D eigenvalue weighted by atomic mass is 9.98. The van der Waals surface area contributed by atoms with E-state index in [9.17, 15) is 0 Å². The average Bonchev–Trinajstić information content (AvgIpc) is 2.82. The quantitative estimate of drug-likeness (QED) is 0.765. The molecule has 2 aromatic rings. The van der Waals surface area contributed by atoms with E-state index in [1.807, 2.05) is 0 Å². The molecule has 2 N–H and O–H groups in total. The van der Waals surface area contributed by atoms with Crippen molar-refractivity contribution < 1.29 is 0 Å². The van der Waals surface area contributed by atoms with Gasteiger partial charge in [0.25, 0.3) is 0 Å². The van der Waals surface area contributed by atoms with Gasteiger partial charge in [0.2, 0.25) is 0 Å². The molecule has 0 radical (unpaired) electrons. The van der Waals surface area contributed by atoms with E-state index < -0.39 is 0 Å². The highest BCUT2D eigenvalue weighted by atomic mass is 15.0. The maximum absolute atomic E-state index is 4.69. The molecule has 1 aromatic heterocycles. The Labute approximate surface area is 95.3 Å². The first-order valence-electron chi connectivity index (χ1n) is 5.91. The number of aromatic amines is 1. The first-order chi connectivity index (χ1) is 7.74. The Kier molecular flexibility index (Phi) is 2.21. The molecule has 0 spiro atoms. The van der Waals surface area contributed by atoms with Crippen LogP contribution in [0, 0.1) is 12.8 Å². The van der Waals surface area contributed by atoms with Crippen molar-refractivity contribution in [3.8, 4) is 0 Å². The van der Waals surface area contributed by atoms with E-state index in [0.717, 1.165) is 29.9 Å². The number of aryl methyl sites for hydroxylation is 1. The van der Waals surface area contributed by atoms with Gasteiger partial charge in [0.05, 0.1) is 11.0 Å². The molecule has 1 saturated heterocycles. The first-order valence-corrected chi connectivity index (χ1v) is 5.91. The average molecular weight is 215 g/mol. The highest BCUT2D eigenvalue weighted by Gasteiger charge is 2.27. The Hall–Kier alpha value is -1.35. The molecule has 3 heteroatoms. The van der Waals surface area contributed by atoms with E-state index in [-0.39, 0.29) is 0 Å². The number of imidazole rings is 1. The second-order valence-electron chi connectivity index (χ2n) is 4.88. The molecular formula is C13H17N3. The fourth-order valence-electron chi connectivity index (χ4n) is 2.49. The molecule has 0 amide bonds. The van der Waals surface area contributed by atoms with Crippen molar-refractivity contribution >= 4 is 11.0 Å². The van der Waals surface area contributed by atoms with Crippen molar-refractivity contribution in [1.29, 1.82) is 0 Å². The summed E-state index contributed by atoms with van der Waals surface area (Å²) in [7, 11) is 0. The van der Waals surface area contributed by atoms with Crippen LogP contribution < -0.4 is 5.32 Å². The van der Waals surface area contributed by atoms with Crippen LogP contribution in [0.15, 0.2) is 18.2 Å². The zero-order valence-corrected chi connectivity index (χ0v) is 9.75. The molecule has 1 aromatic carbocycles. The first kappa shape index (κ1) is 9.85. The van der Waals surface area contributed by atoms with Gasteiger partial charge in [-0.25, -0.2) is 4.98 Å². The summed E-state index contributed by atoms with van der Waals surface area (Å²) in [4.78, 5) is 8.15. The zero-order chi connectivity index (χ0) is 11.1. The van der Waals surface area contributed by atoms with Gasteiger partial charge in [0, 0.05) is 12.5 Å². The lowest BCUT2D eigenvalue weighted by Gasteiger charge is -2.09. The van der Waals surface area contributed by atoms with E-state index >= 15 is 0 Å². The molecular weight excluding hydrogens is 198 g/mol. The van der Waals surface area contributed by atoms with Gasteiger partial charge in [-0.05, 0) is 37.1 Å². The molecule has 2 heterocycles. The SMILES string of the molecule is Cc1ccc2nc([C@@H]3CNC[C@H]3C)[nH]c2c1. The zero-order valence-electron chi connectivity index (χ0n) is 9.75. The maximum atomic E-state index is 4.69. The molecule has 84 valence electrons. The van der Waals surface area contributed by atoms with Crippen LogP contribution >= 0.6 is 0 Å². The van der Waals surface area contributed by atoms with E-state index in [2.05, 4.69) is 42.3 Å². The summed E-state index contributed by atoms with van der Waals surface area (Å²) < 4.78 is 0. The van der Waals surface area contributed by atoms with Crippen LogP contribution in [0.25, 0.3) is 11.0 Å². The molecule has 0 bridgehead atoms. The van der Waals surface area contributed by atoms with Gasteiger partial charge >= 0.3 is 0 Å². The smallest absolute Gasteiger partial charge is 0.111 e. The minimum Gasteiger partial charge on any atom is -0.342 e. The monoisotopic (exact) mass is 215 g/mol. The Morgan fingerprint density at radius 2 is 2.19 bits per heavy atom. The number of hydrogen-bond acceptors (Lipinski definition) is 2. The van der Waals surface area contributed by atoms with Crippen molar-refractivity contribution in [3.05, 3.63) is 29.6 Å². The number of nitrogens with zero attached hydrogens (tertiary/aromatic N) is 1. The number of fused-ring (bicyclic) bond motifs is 1. The van der Waals surface area contributed by atoms with Gasteiger partial charge in [-0.2, -0.15) is 0 Å². The van der Waals surface area contributed by atoms with Gasteiger partial charge in [-0.3, -0.25) is 0 Å². The Morgan fingerprint density at radius 3 is 2.94 bits per heavy atom. The molecule has 1 aliphatic heterocycles. The van der Waals surface area contributed by atoms with Gasteiger partial charge in [0.1, 0.15) is 5.82 Å². The van der Waals surface area contributed by atoms with Crippen molar-refractivity contribution in [3.63, 3.8) is 0 Å². The summed E-state index contributed by atoms with van der Waals surface area (Å²) >= 11 is 0. The molecule has 3 rings (SSSR count). The van der Waals surface area contributed by atoms with Crippen LogP contribution in [-0.4, -0.2) is 23.1 Å². The lowest BCUT2D eigenvalue weighted by molar-refractivity contribution is 0.551. The molecule has 1 aliphatic rings. The molecule has 0 aliphatic carbocycles. The van der Waals surface area contributed by atoms with Crippen LogP contribution in [0.3, 0.4) is 0 Å². The van der Waals surface area contributed by atoms with Crippen molar-refractivity contribution in [2.75, 3.05) is 13.1 Å². The van der Waals surface area contributed by atoms with Gasteiger partial charge in [-0.15, -0.1) is 0 Å². The normalized spacial score (nSPS) is 25.4. The molecule has 3 nitrogen and oxygen atoms in total. The minimum atomic E-state index is 0.535. The summed E-state index contributed by atoms with van der Waals surface area (Å²) in [5.41, 5.74) is 3.52. The Balaban J connectivity index is 2.04. The molecule has 0 saturated carbocycles. The fourth-order valence-corrected chi connectivity index (χ4v) is 2.49. The van der Waals surface area contributed by atoms with Crippen molar-refractivity contribution in [2.24, 2.45) is 5.92 Å². The third-order valence-corrected chi connectivity index (χ3v) is 3.52. The Morgan fingerprint density at radius 1 is 1.31 bits per heavy atom. The van der Waals surface area contributed by atoms with Crippen molar-refractivity contribution in [1.82, 2.24) is 15.3 Å². The summed E-state index contributed by atoms with van der Waals surface area (Å²) in [6, 6.07) is 6.37. The second-order valence-corrected chi connectivity index (χ2v) is 4.88. The molecule has 0 unspecified atom stereocenters. The molecule has 1 fully saturated rings. The number of aromatic nitrogens is 2. The Bertz CT molecular complexity index is 515. The van der Waals surface area contributed by atoms with Crippen molar-refractivity contribution in [2.45, 2.75) is 19.8 Å². The maximum Gasteiger partial charge on any atom is 0.111 e. The van der Waals surface area contributed by atoms with Crippen LogP contribution in [0.5, 0.6) is 0 Å². The molecule has 2 atom stereocenters. The van der Waals surface area contributed by atoms with E-state index in [1.165, 1.54) is 5.56 Å². The van der Waals surface area contributed by atoms with E-state index in [0.29, 0.717) is 11.8 Å². The van der Waals surface area contributed by atoms with Gasteiger partial charge in [-0.1, -0.05) is 13.0 Å².